The largest absolute Gasteiger partial charge is 0.490 e. The van der Waals surface area contributed by atoms with Crippen LogP contribution in [0, 0.1) is 6.92 Å². The van der Waals surface area contributed by atoms with Gasteiger partial charge in [-0.3, -0.25) is 9.48 Å². The maximum atomic E-state index is 11.6. The molecular formula is C24H28N2O3. The molecule has 1 saturated carbocycles. The Balaban J connectivity index is 1.72. The van der Waals surface area contributed by atoms with Gasteiger partial charge in [0.05, 0.1) is 24.4 Å². The summed E-state index contributed by atoms with van der Waals surface area (Å²) in [5, 5.41) is 5.69. The highest BCUT2D eigenvalue weighted by molar-refractivity contribution is 5.88. The monoisotopic (exact) mass is 392 g/mol. The molecule has 0 amide bonds. The van der Waals surface area contributed by atoms with Crippen LogP contribution in [0.3, 0.4) is 0 Å². The van der Waals surface area contributed by atoms with Crippen LogP contribution in [-0.2, 0) is 23.0 Å². The minimum absolute atomic E-state index is 0.190. The molecular weight excluding hydrogens is 364 g/mol. The summed E-state index contributed by atoms with van der Waals surface area (Å²) in [6.45, 7) is 2.04. The first-order valence-corrected chi connectivity index (χ1v) is 10.4. The molecule has 0 spiro atoms. The molecule has 4 rings (SSSR count). The SMILES string of the molecule is COC(=O)CCc1ccc(OC2CCCC2)c(-c2ccc3c(c2)c(C)nn3C)c1. The van der Waals surface area contributed by atoms with Crippen molar-refractivity contribution in [3.63, 3.8) is 0 Å². The van der Waals surface area contributed by atoms with Crippen molar-refractivity contribution in [2.45, 2.75) is 51.6 Å². The summed E-state index contributed by atoms with van der Waals surface area (Å²) in [5.41, 5.74) is 5.42. The van der Waals surface area contributed by atoms with Crippen molar-refractivity contribution in [1.82, 2.24) is 9.78 Å². The Kier molecular flexibility index (Phi) is 5.56. The van der Waals surface area contributed by atoms with E-state index in [9.17, 15) is 4.79 Å². The Morgan fingerprint density at radius 1 is 1.17 bits per heavy atom. The van der Waals surface area contributed by atoms with E-state index in [0.717, 1.165) is 51.9 Å². The van der Waals surface area contributed by atoms with Crippen molar-refractivity contribution in [1.29, 1.82) is 0 Å². The van der Waals surface area contributed by atoms with Crippen LogP contribution in [0.1, 0.15) is 43.4 Å². The quantitative estimate of drug-likeness (QED) is 0.556. The number of rotatable bonds is 6. The second-order valence-electron chi connectivity index (χ2n) is 7.87. The number of carbonyl (C=O) groups excluding carboxylic acids is 1. The van der Waals surface area contributed by atoms with Crippen molar-refractivity contribution in [3.05, 3.63) is 47.7 Å². The van der Waals surface area contributed by atoms with Gasteiger partial charge in [0.15, 0.2) is 0 Å². The van der Waals surface area contributed by atoms with E-state index in [1.54, 1.807) is 0 Å². The molecule has 0 radical (unpaired) electrons. The molecule has 3 aromatic rings. The van der Waals surface area contributed by atoms with Gasteiger partial charge in [-0.15, -0.1) is 0 Å². The molecule has 0 bridgehead atoms. The Hall–Kier alpha value is -2.82. The first-order chi connectivity index (χ1) is 14.0. The van der Waals surface area contributed by atoms with E-state index in [1.165, 1.54) is 20.0 Å². The van der Waals surface area contributed by atoms with Crippen LogP contribution in [0.5, 0.6) is 5.75 Å². The predicted molar refractivity (Wildman–Crippen MR) is 114 cm³/mol. The van der Waals surface area contributed by atoms with Crippen LogP contribution in [0.25, 0.3) is 22.0 Å². The lowest BCUT2D eigenvalue weighted by Crippen LogP contribution is -2.11. The number of carbonyl (C=O) groups is 1. The molecule has 0 atom stereocenters. The highest BCUT2D eigenvalue weighted by Gasteiger charge is 2.19. The fourth-order valence-electron chi connectivity index (χ4n) is 4.20. The molecule has 1 fully saturated rings. The number of aromatic nitrogens is 2. The van der Waals surface area contributed by atoms with Gasteiger partial charge in [-0.25, -0.2) is 0 Å². The molecule has 2 aromatic carbocycles. The standard InChI is InChI=1S/C24H28N2O3/c1-16-20-15-18(10-11-22(20)26(2)25-16)21-14-17(9-13-24(27)28-3)8-12-23(21)29-19-6-4-5-7-19/h8,10-12,14-15,19H,4-7,9,13H2,1-3H3. The molecule has 0 saturated heterocycles. The van der Waals surface area contributed by atoms with Crippen LogP contribution in [0.2, 0.25) is 0 Å². The fraction of sp³-hybridized carbons (Fsp3) is 0.417. The Morgan fingerprint density at radius 3 is 2.72 bits per heavy atom. The summed E-state index contributed by atoms with van der Waals surface area (Å²) in [6, 6.07) is 12.7. The zero-order chi connectivity index (χ0) is 20.4. The Bertz CT molecular complexity index is 1030. The zero-order valence-corrected chi connectivity index (χ0v) is 17.4. The van der Waals surface area contributed by atoms with Crippen LogP contribution in [0.4, 0.5) is 0 Å². The van der Waals surface area contributed by atoms with E-state index in [0.29, 0.717) is 18.9 Å². The van der Waals surface area contributed by atoms with E-state index >= 15 is 0 Å². The number of fused-ring (bicyclic) bond motifs is 1. The third-order valence-corrected chi connectivity index (χ3v) is 5.83. The Morgan fingerprint density at radius 2 is 1.97 bits per heavy atom. The van der Waals surface area contributed by atoms with E-state index < -0.39 is 0 Å². The van der Waals surface area contributed by atoms with Gasteiger partial charge in [0.25, 0.3) is 0 Å². The first-order valence-electron chi connectivity index (χ1n) is 10.4. The number of nitrogens with zero attached hydrogens (tertiary/aromatic N) is 2. The zero-order valence-electron chi connectivity index (χ0n) is 17.4. The maximum Gasteiger partial charge on any atom is 0.305 e. The average Bonchev–Trinajstić information content (AvgIpc) is 3.34. The molecule has 0 unspecified atom stereocenters. The highest BCUT2D eigenvalue weighted by atomic mass is 16.5. The normalized spacial score (nSPS) is 14.4. The number of hydrogen-bond acceptors (Lipinski definition) is 4. The van der Waals surface area contributed by atoms with Gasteiger partial charge < -0.3 is 9.47 Å². The molecule has 29 heavy (non-hydrogen) atoms. The molecule has 1 heterocycles. The number of benzene rings is 2. The lowest BCUT2D eigenvalue weighted by Gasteiger charge is -2.18. The lowest BCUT2D eigenvalue weighted by atomic mass is 9.98. The van der Waals surface area contributed by atoms with Crippen molar-refractivity contribution in [2.75, 3.05) is 7.11 Å². The lowest BCUT2D eigenvalue weighted by molar-refractivity contribution is -0.140. The molecule has 0 N–H and O–H groups in total. The van der Waals surface area contributed by atoms with E-state index in [1.807, 2.05) is 18.7 Å². The number of esters is 1. The smallest absolute Gasteiger partial charge is 0.305 e. The summed E-state index contributed by atoms with van der Waals surface area (Å²) in [4.78, 5) is 11.6. The number of aryl methyl sites for hydroxylation is 3. The van der Waals surface area contributed by atoms with Crippen molar-refractivity contribution < 1.29 is 14.3 Å². The molecule has 1 aliphatic carbocycles. The van der Waals surface area contributed by atoms with Gasteiger partial charge in [0.2, 0.25) is 0 Å². The van der Waals surface area contributed by atoms with Gasteiger partial charge in [0, 0.05) is 24.4 Å². The van der Waals surface area contributed by atoms with E-state index in [-0.39, 0.29) is 5.97 Å². The van der Waals surface area contributed by atoms with Gasteiger partial charge in [0.1, 0.15) is 5.75 Å². The van der Waals surface area contributed by atoms with Gasteiger partial charge in [-0.2, -0.15) is 5.10 Å². The van der Waals surface area contributed by atoms with E-state index in [2.05, 4.69) is 41.5 Å². The molecule has 1 aliphatic rings. The number of methoxy groups -OCH3 is 1. The molecule has 5 heteroatoms. The van der Waals surface area contributed by atoms with Crippen molar-refractivity contribution in [2.24, 2.45) is 7.05 Å². The van der Waals surface area contributed by atoms with Crippen LogP contribution >= 0.6 is 0 Å². The fourth-order valence-corrected chi connectivity index (χ4v) is 4.20. The first kappa shape index (κ1) is 19.5. The van der Waals surface area contributed by atoms with Crippen LogP contribution in [0.15, 0.2) is 36.4 Å². The molecule has 1 aromatic heterocycles. The van der Waals surface area contributed by atoms with Crippen LogP contribution < -0.4 is 4.74 Å². The van der Waals surface area contributed by atoms with Crippen molar-refractivity contribution in [3.8, 4) is 16.9 Å². The Labute approximate surface area is 171 Å². The minimum Gasteiger partial charge on any atom is -0.490 e. The average molecular weight is 392 g/mol. The third kappa shape index (κ3) is 4.14. The predicted octanol–water partition coefficient (Wildman–Crippen LogP) is 4.98. The summed E-state index contributed by atoms with van der Waals surface area (Å²) >= 11 is 0. The highest BCUT2D eigenvalue weighted by Crippen LogP contribution is 2.36. The maximum absolute atomic E-state index is 11.6. The molecule has 5 nitrogen and oxygen atoms in total. The second-order valence-corrected chi connectivity index (χ2v) is 7.87. The van der Waals surface area contributed by atoms with Gasteiger partial charge in [-0.05, 0) is 74.4 Å². The number of ether oxygens (including phenoxy) is 2. The number of hydrogen-bond donors (Lipinski definition) is 0. The third-order valence-electron chi connectivity index (χ3n) is 5.83. The summed E-state index contributed by atoms with van der Waals surface area (Å²) in [7, 11) is 3.40. The summed E-state index contributed by atoms with van der Waals surface area (Å²) < 4.78 is 13.1. The summed E-state index contributed by atoms with van der Waals surface area (Å²) in [5.74, 6) is 0.727. The van der Waals surface area contributed by atoms with E-state index in [4.69, 9.17) is 9.47 Å². The van der Waals surface area contributed by atoms with Gasteiger partial charge >= 0.3 is 5.97 Å². The molecule has 152 valence electrons. The topological polar surface area (TPSA) is 53.4 Å². The minimum atomic E-state index is -0.190. The van der Waals surface area contributed by atoms with Crippen LogP contribution in [-0.4, -0.2) is 29.0 Å². The van der Waals surface area contributed by atoms with Gasteiger partial charge in [-0.1, -0.05) is 12.1 Å². The summed E-state index contributed by atoms with van der Waals surface area (Å²) in [6.07, 6.45) is 6.01. The van der Waals surface area contributed by atoms with Crippen molar-refractivity contribution >= 4 is 16.9 Å². The second kappa shape index (κ2) is 8.27. The molecule has 0 aliphatic heterocycles.